The van der Waals surface area contributed by atoms with Crippen molar-refractivity contribution in [2.45, 2.75) is 32.2 Å². The van der Waals surface area contributed by atoms with Crippen LogP contribution >= 0.6 is 0 Å². The zero-order valence-electron chi connectivity index (χ0n) is 12.6. The molecular weight excluding hydrogens is 270 g/mol. The zero-order valence-corrected chi connectivity index (χ0v) is 12.6. The number of carbonyl (C=O) groups is 2. The fourth-order valence-electron chi connectivity index (χ4n) is 2.55. The van der Waals surface area contributed by atoms with E-state index in [1.807, 2.05) is 38.1 Å². The summed E-state index contributed by atoms with van der Waals surface area (Å²) in [7, 11) is 1.62. The Labute approximate surface area is 124 Å². The average molecular weight is 291 g/mol. The van der Waals surface area contributed by atoms with Gasteiger partial charge < -0.3 is 15.2 Å². The minimum Gasteiger partial charge on any atom is -0.496 e. The molecule has 5 nitrogen and oxygen atoms in total. The van der Waals surface area contributed by atoms with Gasteiger partial charge in [-0.05, 0) is 38.3 Å². The van der Waals surface area contributed by atoms with Crippen LogP contribution in [0.3, 0.4) is 0 Å². The highest BCUT2D eigenvalue weighted by molar-refractivity contribution is 5.89. The van der Waals surface area contributed by atoms with Crippen molar-refractivity contribution >= 4 is 11.9 Å². The molecule has 0 radical (unpaired) electrons. The SMILES string of the molecule is COc1ccccc1CC(C)(C)NC(=O)[C@H]1C[C@H]1C(=O)O. The van der Waals surface area contributed by atoms with Crippen LogP contribution in [0.5, 0.6) is 5.75 Å². The Morgan fingerprint density at radius 2 is 2.00 bits per heavy atom. The van der Waals surface area contributed by atoms with E-state index in [1.54, 1.807) is 7.11 Å². The maximum absolute atomic E-state index is 12.1. The van der Waals surface area contributed by atoms with Gasteiger partial charge in [0, 0.05) is 5.54 Å². The molecule has 2 atom stereocenters. The highest BCUT2D eigenvalue weighted by Gasteiger charge is 2.49. The van der Waals surface area contributed by atoms with E-state index in [0.717, 1.165) is 11.3 Å². The van der Waals surface area contributed by atoms with Crippen molar-refractivity contribution in [2.24, 2.45) is 11.8 Å². The molecule has 1 aliphatic carbocycles. The minimum atomic E-state index is -0.891. The molecule has 0 aliphatic heterocycles. The molecule has 1 aromatic carbocycles. The van der Waals surface area contributed by atoms with Crippen molar-refractivity contribution in [3.05, 3.63) is 29.8 Å². The first-order valence-electron chi connectivity index (χ1n) is 7.01. The maximum Gasteiger partial charge on any atom is 0.307 e. The van der Waals surface area contributed by atoms with Crippen molar-refractivity contribution in [1.82, 2.24) is 5.32 Å². The van der Waals surface area contributed by atoms with Gasteiger partial charge in [0.1, 0.15) is 5.75 Å². The van der Waals surface area contributed by atoms with E-state index >= 15 is 0 Å². The summed E-state index contributed by atoms with van der Waals surface area (Å²) in [6.45, 7) is 3.85. The van der Waals surface area contributed by atoms with Crippen LogP contribution in [-0.4, -0.2) is 29.6 Å². The van der Waals surface area contributed by atoms with Gasteiger partial charge in [-0.25, -0.2) is 0 Å². The third kappa shape index (κ3) is 3.74. The normalized spacial score (nSPS) is 20.7. The second-order valence-electron chi connectivity index (χ2n) is 6.15. The van der Waals surface area contributed by atoms with E-state index < -0.39 is 17.4 Å². The van der Waals surface area contributed by atoms with Gasteiger partial charge in [-0.15, -0.1) is 0 Å². The van der Waals surface area contributed by atoms with Gasteiger partial charge in [0.25, 0.3) is 0 Å². The summed E-state index contributed by atoms with van der Waals surface area (Å²) in [6.07, 6.45) is 1.05. The lowest BCUT2D eigenvalue weighted by Gasteiger charge is -2.27. The molecule has 2 rings (SSSR count). The van der Waals surface area contributed by atoms with Gasteiger partial charge >= 0.3 is 5.97 Å². The Bertz CT molecular complexity index is 553. The van der Waals surface area contributed by atoms with Gasteiger partial charge in [-0.2, -0.15) is 0 Å². The van der Waals surface area contributed by atoms with E-state index in [4.69, 9.17) is 9.84 Å². The van der Waals surface area contributed by atoms with Crippen LogP contribution in [-0.2, 0) is 16.0 Å². The highest BCUT2D eigenvalue weighted by atomic mass is 16.5. The number of carboxylic acids is 1. The Morgan fingerprint density at radius 1 is 1.33 bits per heavy atom. The van der Waals surface area contributed by atoms with Crippen LogP contribution in [0.4, 0.5) is 0 Å². The summed E-state index contributed by atoms with van der Waals surface area (Å²) in [5.74, 6) is -1.19. The van der Waals surface area contributed by atoms with Crippen molar-refractivity contribution in [1.29, 1.82) is 0 Å². The number of methoxy groups -OCH3 is 1. The monoisotopic (exact) mass is 291 g/mol. The minimum absolute atomic E-state index is 0.178. The second kappa shape index (κ2) is 5.76. The van der Waals surface area contributed by atoms with E-state index in [-0.39, 0.29) is 11.8 Å². The van der Waals surface area contributed by atoms with Crippen molar-refractivity contribution in [3.8, 4) is 5.75 Å². The first-order valence-corrected chi connectivity index (χ1v) is 7.01. The number of carbonyl (C=O) groups excluding carboxylic acids is 1. The first-order chi connectivity index (χ1) is 9.84. The lowest BCUT2D eigenvalue weighted by molar-refractivity contribution is -0.140. The van der Waals surface area contributed by atoms with Crippen LogP contribution in [0.25, 0.3) is 0 Å². The molecule has 1 fully saturated rings. The number of nitrogens with one attached hydrogen (secondary N) is 1. The highest BCUT2D eigenvalue weighted by Crippen LogP contribution is 2.39. The molecule has 0 saturated heterocycles. The van der Waals surface area contributed by atoms with Crippen LogP contribution in [0.15, 0.2) is 24.3 Å². The summed E-state index contributed by atoms with van der Waals surface area (Å²) >= 11 is 0. The van der Waals surface area contributed by atoms with E-state index in [9.17, 15) is 9.59 Å². The number of ether oxygens (including phenoxy) is 1. The average Bonchev–Trinajstić information content (AvgIpc) is 3.18. The number of benzene rings is 1. The topological polar surface area (TPSA) is 75.6 Å². The summed E-state index contributed by atoms with van der Waals surface area (Å²) in [4.78, 5) is 22.9. The molecule has 1 aliphatic rings. The number of hydrogen-bond donors (Lipinski definition) is 2. The van der Waals surface area contributed by atoms with Gasteiger partial charge in [-0.3, -0.25) is 9.59 Å². The van der Waals surface area contributed by atoms with Crippen LogP contribution in [0.1, 0.15) is 25.8 Å². The maximum atomic E-state index is 12.1. The number of amides is 1. The molecule has 21 heavy (non-hydrogen) atoms. The number of hydrogen-bond acceptors (Lipinski definition) is 3. The standard InChI is InChI=1S/C16H21NO4/c1-16(2,9-10-6-4-5-7-13(10)21-3)17-14(18)11-8-12(11)15(19)20/h4-7,11-12H,8-9H2,1-3H3,(H,17,18)(H,19,20)/t11-,12+/m0/s1. The molecule has 0 aromatic heterocycles. The molecule has 1 saturated carbocycles. The molecule has 0 heterocycles. The van der Waals surface area contributed by atoms with Gasteiger partial charge in [0.05, 0.1) is 18.9 Å². The molecule has 0 bridgehead atoms. The van der Waals surface area contributed by atoms with E-state index in [1.165, 1.54) is 0 Å². The largest absolute Gasteiger partial charge is 0.496 e. The zero-order chi connectivity index (χ0) is 15.6. The summed E-state index contributed by atoms with van der Waals surface area (Å²) in [5, 5.41) is 11.8. The first kappa shape index (κ1) is 15.4. The van der Waals surface area contributed by atoms with Crippen molar-refractivity contribution in [3.63, 3.8) is 0 Å². The molecule has 1 aromatic rings. The number of rotatable bonds is 6. The van der Waals surface area contributed by atoms with E-state index in [0.29, 0.717) is 12.8 Å². The molecular formula is C16H21NO4. The van der Waals surface area contributed by atoms with Crippen molar-refractivity contribution < 1.29 is 19.4 Å². The van der Waals surface area contributed by atoms with Crippen LogP contribution in [0, 0.1) is 11.8 Å². The van der Waals surface area contributed by atoms with Crippen molar-refractivity contribution in [2.75, 3.05) is 7.11 Å². The number of para-hydroxylation sites is 1. The number of aliphatic carboxylic acids is 1. The summed E-state index contributed by atoms with van der Waals surface area (Å²) < 4.78 is 5.31. The predicted molar refractivity (Wildman–Crippen MR) is 78.2 cm³/mol. The molecule has 2 N–H and O–H groups in total. The van der Waals surface area contributed by atoms with Gasteiger partial charge in [0.2, 0.25) is 5.91 Å². The van der Waals surface area contributed by atoms with Gasteiger partial charge in [-0.1, -0.05) is 18.2 Å². The van der Waals surface area contributed by atoms with Gasteiger partial charge in [0.15, 0.2) is 0 Å². The molecule has 114 valence electrons. The molecule has 5 heteroatoms. The lowest BCUT2D eigenvalue weighted by Crippen LogP contribution is -2.46. The predicted octanol–water partition coefficient (Wildman–Crippen LogP) is 1.85. The van der Waals surface area contributed by atoms with E-state index in [2.05, 4.69) is 5.32 Å². The lowest BCUT2D eigenvalue weighted by atomic mass is 9.94. The van der Waals surface area contributed by atoms with Crippen LogP contribution < -0.4 is 10.1 Å². The molecule has 1 amide bonds. The second-order valence-corrected chi connectivity index (χ2v) is 6.15. The Hall–Kier alpha value is -2.04. The summed E-state index contributed by atoms with van der Waals surface area (Å²) in [6, 6.07) is 7.67. The Balaban J connectivity index is 1.99. The number of carboxylic acid groups (broad SMARTS) is 1. The smallest absolute Gasteiger partial charge is 0.307 e. The Morgan fingerprint density at radius 3 is 2.57 bits per heavy atom. The Kier molecular flexibility index (Phi) is 4.21. The molecule has 0 spiro atoms. The summed E-state index contributed by atoms with van der Waals surface area (Å²) in [5.41, 5.74) is 0.549. The third-order valence-corrected chi connectivity index (χ3v) is 3.73. The third-order valence-electron chi connectivity index (χ3n) is 3.73. The van der Waals surface area contributed by atoms with Crippen LogP contribution in [0.2, 0.25) is 0 Å². The fraction of sp³-hybridized carbons (Fsp3) is 0.500. The molecule has 0 unspecified atom stereocenters. The quantitative estimate of drug-likeness (QED) is 0.838. The fourth-order valence-corrected chi connectivity index (χ4v) is 2.55.